The predicted molar refractivity (Wildman–Crippen MR) is 129 cm³/mol. The molecular weight excluding hydrogens is 432 g/mol. The molecule has 4 aromatic carbocycles. The molecular formula is C28H24FNO4. The Bertz CT molecular complexity index is 1260. The highest BCUT2D eigenvalue weighted by Gasteiger charge is 2.24. The maximum absolute atomic E-state index is 14.5. The molecule has 0 unspecified atom stereocenters. The molecule has 6 heteroatoms. The predicted octanol–water partition coefficient (Wildman–Crippen LogP) is 6.48. The third kappa shape index (κ3) is 5.18. The third-order valence-corrected chi connectivity index (χ3v) is 5.26. The van der Waals surface area contributed by atoms with Crippen molar-refractivity contribution in [2.45, 2.75) is 6.54 Å². The van der Waals surface area contributed by atoms with E-state index in [-0.39, 0.29) is 12.5 Å². The quantitative estimate of drug-likeness (QED) is 0.304. The summed E-state index contributed by atoms with van der Waals surface area (Å²) in [6.07, 6.45) is 0. The highest BCUT2D eigenvalue weighted by atomic mass is 19.1. The molecule has 0 atom stereocenters. The van der Waals surface area contributed by atoms with Crippen LogP contribution in [-0.4, -0.2) is 20.1 Å². The Morgan fingerprint density at radius 1 is 0.765 bits per heavy atom. The number of carbonyl (C=O) groups is 1. The molecule has 5 nitrogen and oxygen atoms in total. The van der Waals surface area contributed by atoms with Gasteiger partial charge >= 0.3 is 0 Å². The first kappa shape index (κ1) is 22.9. The average molecular weight is 457 g/mol. The number of rotatable bonds is 8. The van der Waals surface area contributed by atoms with Crippen LogP contribution in [0, 0.1) is 5.82 Å². The standard InChI is InChI=1S/C28H24FNO4/c1-32-24-14-16-26(33-2)21(17-24)19-30(28(31)20-9-5-3-6-10-20)25-18-22(29)13-15-27(25)34-23-11-7-4-8-12-23/h3-18H,19H2,1-2H3/i28-1. The number of amides is 1. The Morgan fingerprint density at radius 2 is 1.44 bits per heavy atom. The zero-order valence-electron chi connectivity index (χ0n) is 18.9. The van der Waals surface area contributed by atoms with Crippen LogP contribution in [0.4, 0.5) is 10.1 Å². The summed E-state index contributed by atoms with van der Waals surface area (Å²) in [5, 5.41) is 0. The van der Waals surface area contributed by atoms with Crippen LogP contribution < -0.4 is 19.1 Å². The van der Waals surface area contributed by atoms with E-state index in [4.69, 9.17) is 14.2 Å². The van der Waals surface area contributed by atoms with Gasteiger partial charge in [-0.3, -0.25) is 4.79 Å². The Morgan fingerprint density at radius 3 is 2.12 bits per heavy atom. The molecule has 0 aliphatic rings. The molecule has 172 valence electrons. The molecule has 0 heterocycles. The summed E-state index contributed by atoms with van der Waals surface area (Å²) in [5.41, 5.74) is 1.45. The topological polar surface area (TPSA) is 48.0 Å². The Balaban J connectivity index is 1.83. The Hall–Kier alpha value is -4.32. The molecule has 0 bridgehead atoms. The van der Waals surface area contributed by atoms with Gasteiger partial charge in [0.05, 0.1) is 26.5 Å². The van der Waals surface area contributed by atoms with Crippen molar-refractivity contribution in [3.05, 3.63) is 114 Å². The van der Waals surface area contributed by atoms with Crippen LogP contribution in [0.5, 0.6) is 23.0 Å². The summed E-state index contributed by atoms with van der Waals surface area (Å²) in [6.45, 7) is 0.0999. The number of hydrogen-bond acceptors (Lipinski definition) is 4. The van der Waals surface area contributed by atoms with Crippen molar-refractivity contribution in [3.8, 4) is 23.0 Å². The highest BCUT2D eigenvalue weighted by Crippen LogP contribution is 2.36. The van der Waals surface area contributed by atoms with E-state index in [1.807, 2.05) is 24.3 Å². The van der Waals surface area contributed by atoms with Crippen LogP contribution in [-0.2, 0) is 6.54 Å². The lowest BCUT2D eigenvalue weighted by atomic mass is 9.85. The molecule has 0 fully saturated rings. The largest absolute Gasteiger partial charge is 0.497 e. The molecule has 0 saturated heterocycles. The Labute approximate surface area is 197 Å². The van der Waals surface area contributed by atoms with E-state index in [1.54, 1.807) is 68.8 Å². The number of halogens is 1. The number of benzene rings is 4. The minimum Gasteiger partial charge on any atom is -0.497 e. The molecule has 4 rings (SSSR count). The summed E-state index contributed by atoms with van der Waals surface area (Å²) in [7, 11) is 3.12. The molecule has 1 amide bonds. The van der Waals surface area contributed by atoms with E-state index in [1.165, 1.54) is 23.1 Å². The number of carbonyl (C=O) groups excluding carboxylic acids is 1. The van der Waals surface area contributed by atoms with Crippen molar-refractivity contribution in [2.24, 2.45) is 0 Å². The van der Waals surface area contributed by atoms with E-state index in [2.05, 4.69) is 0 Å². The number of methoxy groups -OCH3 is 2. The second-order valence-corrected chi connectivity index (χ2v) is 7.46. The van der Waals surface area contributed by atoms with Gasteiger partial charge in [-0.05, 0) is 54.6 Å². The third-order valence-electron chi connectivity index (χ3n) is 5.26. The lowest BCUT2D eigenvalue weighted by Gasteiger charge is -2.26. The summed E-state index contributed by atoms with van der Waals surface area (Å²) in [4.78, 5) is 15.2. The van der Waals surface area contributed by atoms with Gasteiger partial charge in [0.25, 0.3) is 5.91 Å². The normalized spacial score (nSPS) is 10.4. The Kier molecular flexibility index (Phi) is 7.08. The summed E-state index contributed by atoms with van der Waals surface area (Å²) in [6, 6.07) is 27.4. The highest BCUT2D eigenvalue weighted by molar-refractivity contribution is 6.06. The van der Waals surface area contributed by atoms with E-state index in [0.717, 1.165) is 0 Å². The minimum atomic E-state index is -0.487. The first-order valence-electron chi connectivity index (χ1n) is 10.7. The van der Waals surface area contributed by atoms with Gasteiger partial charge in [0.1, 0.15) is 23.1 Å². The molecule has 0 aliphatic heterocycles. The molecule has 0 N–H and O–H groups in total. The number of para-hydroxylation sites is 1. The summed E-state index contributed by atoms with van der Waals surface area (Å²) in [5.74, 6) is 1.31. The fraction of sp³-hybridized carbons (Fsp3) is 0.107. The first-order chi connectivity index (χ1) is 16.6. The van der Waals surface area contributed by atoms with E-state index >= 15 is 0 Å². The van der Waals surface area contributed by atoms with Crippen LogP contribution in [0.3, 0.4) is 0 Å². The SMILES string of the molecule is COc1ccc(OC)c(CN(c2cc(F)ccc2Oc2ccccc2)[11C](=O)c2ccccc2)c1. The second kappa shape index (κ2) is 10.5. The average Bonchev–Trinajstić information content (AvgIpc) is 2.89. The molecule has 0 aliphatic carbocycles. The molecule has 34 heavy (non-hydrogen) atoms. The fourth-order valence-corrected chi connectivity index (χ4v) is 3.58. The van der Waals surface area contributed by atoms with Crippen LogP contribution in [0.25, 0.3) is 0 Å². The van der Waals surface area contributed by atoms with E-state index < -0.39 is 5.82 Å². The van der Waals surface area contributed by atoms with Crippen molar-refractivity contribution in [3.63, 3.8) is 0 Å². The van der Waals surface area contributed by atoms with Gasteiger partial charge in [-0.1, -0.05) is 36.4 Å². The van der Waals surface area contributed by atoms with Crippen molar-refractivity contribution < 1.29 is 23.4 Å². The van der Waals surface area contributed by atoms with Gasteiger partial charge in [0, 0.05) is 17.2 Å². The number of ether oxygens (including phenoxy) is 3. The van der Waals surface area contributed by atoms with Crippen LogP contribution in [0.15, 0.2) is 97.1 Å². The first-order valence-corrected chi connectivity index (χ1v) is 10.7. The molecule has 0 aromatic heterocycles. The van der Waals surface area contributed by atoms with Gasteiger partial charge in [-0.2, -0.15) is 0 Å². The lowest BCUT2D eigenvalue weighted by Crippen LogP contribution is -2.31. The van der Waals surface area contributed by atoms with Gasteiger partial charge in [-0.15, -0.1) is 0 Å². The zero-order valence-corrected chi connectivity index (χ0v) is 18.9. The fourth-order valence-electron chi connectivity index (χ4n) is 3.58. The van der Waals surface area contributed by atoms with Crippen molar-refractivity contribution >= 4 is 11.6 Å². The maximum Gasteiger partial charge on any atom is 0.258 e. The summed E-state index contributed by atoms with van der Waals surface area (Å²) < 4.78 is 31.4. The van der Waals surface area contributed by atoms with Crippen LogP contribution >= 0.6 is 0 Å². The van der Waals surface area contributed by atoms with Crippen molar-refractivity contribution in [1.29, 1.82) is 0 Å². The minimum absolute atomic E-state index is 0.0999. The number of anilines is 1. The second-order valence-electron chi connectivity index (χ2n) is 7.46. The monoisotopic (exact) mass is 456 g/mol. The molecule has 0 spiro atoms. The smallest absolute Gasteiger partial charge is 0.258 e. The number of nitrogens with zero attached hydrogens (tertiary/aromatic N) is 1. The van der Waals surface area contributed by atoms with E-state index in [0.29, 0.717) is 39.8 Å². The molecule has 0 radical (unpaired) electrons. The maximum atomic E-state index is 14.5. The zero-order chi connectivity index (χ0) is 23.9. The van der Waals surface area contributed by atoms with Gasteiger partial charge in [-0.25, -0.2) is 4.39 Å². The summed E-state index contributed by atoms with van der Waals surface area (Å²) >= 11 is 0. The van der Waals surface area contributed by atoms with Gasteiger partial charge in [0.15, 0.2) is 5.75 Å². The van der Waals surface area contributed by atoms with Crippen molar-refractivity contribution in [2.75, 3.05) is 19.1 Å². The van der Waals surface area contributed by atoms with Crippen LogP contribution in [0.2, 0.25) is 0 Å². The van der Waals surface area contributed by atoms with Gasteiger partial charge < -0.3 is 19.1 Å². The number of hydrogen-bond donors (Lipinski definition) is 0. The van der Waals surface area contributed by atoms with Crippen molar-refractivity contribution in [1.82, 2.24) is 0 Å². The molecule has 4 aromatic rings. The molecule has 0 saturated carbocycles. The van der Waals surface area contributed by atoms with E-state index in [9.17, 15) is 9.18 Å². The van der Waals surface area contributed by atoms with Crippen LogP contribution in [0.1, 0.15) is 15.9 Å². The lowest BCUT2D eigenvalue weighted by molar-refractivity contribution is 0.0984. The van der Waals surface area contributed by atoms with Gasteiger partial charge in [0.2, 0.25) is 0 Å².